The summed E-state index contributed by atoms with van der Waals surface area (Å²) in [5, 5.41) is 15.1. The van der Waals surface area contributed by atoms with Crippen LogP contribution in [-0.2, 0) is 0 Å². The summed E-state index contributed by atoms with van der Waals surface area (Å²) in [7, 11) is 0. The van der Waals surface area contributed by atoms with E-state index in [9.17, 15) is 10.1 Å². The molecular formula is C11H11N3O2S. The smallest absolute Gasteiger partial charge is 0.293 e. The quantitative estimate of drug-likeness (QED) is 0.670. The van der Waals surface area contributed by atoms with Crippen molar-refractivity contribution in [3.8, 4) is 0 Å². The fraction of sp³-hybridized carbons (Fsp3) is 0.364. The highest BCUT2D eigenvalue weighted by atomic mass is 32.1. The van der Waals surface area contributed by atoms with Crippen LogP contribution in [0, 0.1) is 17.0 Å². The van der Waals surface area contributed by atoms with Crippen molar-refractivity contribution in [2.24, 2.45) is 0 Å². The molecule has 3 rings (SSSR count). The average molecular weight is 249 g/mol. The summed E-state index contributed by atoms with van der Waals surface area (Å²) in [5.74, 6) is 0. The molecule has 0 aliphatic heterocycles. The average Bonchev–Trinajstić information content (AvgIpc) is 2.97. The van der Waals surface area contributed by atoms with Crippen molar-refractivity contribution in [2.45, 2.75) is 25.8 Å². The molecular weight excluding hydrogens is 238 g/mol. The molecule has 0 atom stereocenters. The lowest BCUT2D eigenvalue weighted by Gasteiger charge is -2.04. The standard InChI is InChI=1S/C11H11N3O2S/c1-6-12-9-4-8(13-7-2-3-7)10(14(15)16)5-11(9)17-6/h4-5,7,13H,2-3H2,1H3. The molecule has 1 saturated carbocycles. The monoisotopic (exact) mass is 249 g/mol. The van der Waals surface area contributed by atoms with Gasteiger partial charge in [0.1, 0.15) is 5.69 Å². The Labute approximate surface area is 102 Å². The van der Waals surface area contributed by atoms with Crippen LogP contribution in [0.3, 0.4) is 0 Å². The van der Waals surface area contributed by atoms with E-state index in [0.29, 0.717) is 11.7 Å². The minimum absolute atomic E-state index is 0.146. The SMILES string of the molecule is Cc1nc2cc(NC3CC3)c([N+](=O)[O-])cc2s1. The zero-order valence-corrected chi connectivity index (χ0v) is 10.1. The number of anilines is 1. The number of nitro benzene ring substituents is 1. The Morgan fingerprint density at radius 1 is 1.53 bits per heavy atom. The lowest BCUT2D eigenvalue weighted by molar-refractivity contribution is -0.383. The fourth-order valence-electron chi connectivity index (χ4n) is 1.79. The third-order valence-corrected chi connectivity index (χ3v) is 3.68. The zero-order chi connectivity index (χ0) is 12.0. The second-order valence-corrected chi connectivity index (χ2v) is 5.48. The summed E-state index contributed by atoms with van der Waals surface area (Å²) in [6.45, 7) is 1.91. The maximum absolute atomic E-state index is 11.0. The summed E-state index contributed by atoms with van der Waals surface area (Å²) < 4.78 is 0.871. The largest absolute Gasteiger partial charge is 0.377 e. The summed E-state index contributed by atoms with van der Waals surface area (Å²) in [6, 6.07) is 3.80. The van der Waals surface area contributed by atoms with E-state index in [1.807, 2.05) is 6.92 Å². The lowest BCUT2D eigenvalue weighted by atomic mass is 10.2. The number of nitrogens with zero attached hydrogens (tertiary/aromatic N) is 2. The normalized spacial score (nSPS) is 15.1. The zero-order valence-electron chi connectivity index (χ0n) is 9.27. The fourth-order valence-corrected chi connectivity index (χ4v) is 2.63. The third kappa shape index (κ3) is 1.95. The second-order valence-electron chi connectivity index (χ2n) is 4.25. The molecule has 0 unspecified atom stereocenters. The molecule has 1 aromatic carbocycles. The topological polar surface area (TPSA) is 68.1 Å². The summed E-state index contributed by atoms with van der Waals surface area (Å²) in [4.78, 5) is 15.0. The molecule has 0 radical (unpaired) electrons. The Balaban J connectivity index is 2.14. The summed E-state index contributed by atoms with van der Waals surface area (Å²) >= 11 is 1.48. The minimum Gasteiger partial charge on any atom is -0.377 e. The van der Waals surface area contributed by atoms with Gasteiger partial charge < -0.3 is 5.32 Å². The van der Waals surface area contributed by atoms with Crippen molar-refractivity contribution in [3.05, 3.63) is 27.3 Å². The number of thiazole rings is 1. The van der Waals surface area contributed by atoms with Crippen LogP contribution < -0.4 is 5.32 Å². The lowest BCUT2D eigenvalue weighted by Crippen LogP contribution is -2.03. The number of benzene rings is 1. The molecule has 0 saturated heterocycles. The van der Waals surface area contributed by atoms with Crippen molar-refractivity contribution < 1.29 is 4.92 Å². The van der Waals surface area contributed by atoms with Gasteiger partial charge in [0, 0.05) is 12.1 Å². The molecule has 0 spiro atoms. The Kier molecular flexibility index (Phi) is 2.25. The van der Waals surface area contributed by atoms with Crippen LogP contribution in [0.4, 0.5) is 11.4 Å². The van der Waals surface area contributed by atoms with Gasteiger partial charge in [-0.2, -0.15) is 0 Å². The van der Waals surface area contributed by atoms with Gasteiger partial charge in [0.25, 0.3) is 5.69 Å². The van der Waals surface area contributed by atoms with E-state index in [2.05, 4.69) is 10.3 Å². The first kappa shape index (κ1) is 10.5. The van der Waals surface area contributed by atoms with Crippen molar-refractivity contribution in [1.82, 2.24) is 4.98 Å². The van der Waals surface area contributed by atoms with Crippen molar-refractivity contribution in [2.75, 3.05) is 5.32 Å². The molecule has 1 aromatic heterocycles. The van der Waals surface area contributed by atoms with Crippen LogP contribution >= 0.6 is 11.3 Å². The van der Waals surface area contributed by atoms with Crippen LogP contribution in [0.15, 0.2) is 12.1 Å². The van der Waals surface area contributed by atoms with E-state index in [1.54, 1.807) is 12.1 Å². The van der Waals surface area contributed by atoms with E-state index in [-0.39, 0.29) is 10.6 Å². The van der Waals surface area contributed by atoms with Gasteiger partial charge in [-0.25, -0.2) is 4.98 Å². The molecule has 1 aliphatic rings. The molecule has 6 heteroatoms. The highest BCUT2D eigenvalue weighted by Crippen LogP contribution is 2.35. The number of nitro groups is 1. The molecule has 1 aliphatic carbocycles. The predicted molar refractivity (Wildman–Crippen MR) is 67.7 cm³/mol. The predicted octanol–water partition coefficient (Wildman–Crippen LogP) is 3.09. The van der Waals surface area contributed by atoms with Crippen LogP contribution in [0.25, 0.3) is 10.2 Å². The van der Waals surface area contributed by atoms with E-state index < -0.39 is 0 Å². The number of nitrogens with one attached hydrogen (secondary N) is 1. The maximum Gasteiger partial charge on any atom is 0.293 e. The van der Waals surface area contributed by atoms with Gasteiger partial charge in [-0.05, 0) is 25.8 Å². The van der Waals surface area contributed by atoms with Crippen LogP contribution in [0.2, 0.25) is 0 Å². The van der Waals surface area contributed by atoms with Gasteiger partial charge >= 0.3 is 0 Å². The van der Waals surface area contributed by atoms with Gasteiger partial charge in [-0.15, -0.1) is 11.3 Å². The molecule has 0 bridgehead atoms. The van der Waals surface area contributed by atoms with Crippen LogP contribution in [-0.4, -0.2) is 15.9 Å². The summed E-state index contributed by atoms with van der Waals surface area (Å²) in [5.41, 5.74) is 1.57. The minimum atomic E-state index is -0.334. The van der Waals surface area contributed by atoms with Crippen LogP contribution in [0.1, 0.15) is 17.8 Å². The molecule has 0 amide bonds. The van der Waals surface area contributed by atoms with E-state index in [4.69, 9.17) is 0 Å². The number of hydrogen-bond acceptors (Lipinski definition) is 5. The van der Waals surface area contributed by atoms with Gasteiger partial charge in [0.2, 0.25) is 0 Å². The molecule has 17 heavy (non-hydrogen) atoms. The number of hydrogen-bond donors (Lipinski definition) is 1. The van der Waals surface area contributed by atoms with E-state index in [1.165, 1.54) is 11.3 Å². The highest BCUT2D eigenvalue weighted by molar-refractivity contribution is 7.18. The van der Waals surface area contributed by atoms with E-state index >= 15 is 0 Å². The molecule has 1 heterocycles. The number of fused-ring (bicyclic) bond motifs is 1. The molecule has 5 nitrogen and oxygen atoms in total. The Morgan fingerprint density at radius 2 is 2.29 bits per heavy atom. The van der Waals surface area contributed by atoms with Crippen molar-refractivity contribution in [3.63, 3.8) is 0 Å². The second kappa shape index (κ2) is 3.66. The first-order chi connectivity index (χ1) is 8.13. The van der Waals surface area contributed by atoms with E-state index in [0.717, 1.165) is 28.1 Å². The van der Waals surface area contributed by atoms with Gasteiger partial charge in [0.05, 0.1) is 20.1 Å². The Hall–Kier alpha value is -1.69. The van der Waals surface area contributed by atoms with Gasteiger partial charge in [-0.3, -0.25) is 10.1 Å². The Bertz CT molecular complexity index is 604. The Morgan fingerprint density at radius 3 is 2.94 bits per heavy atom. The van der Waals surface area contributed by atoms with Crippen LogP contribution in [0.5, 0.6) is 0 Å². The summed E-state index contributed by atoms with van der Waals surface area (Å²) in [6.07, 6.45) is 2.18. The molecule has 2 aromatic rings. The van der Waals surface area contributed by atoms with Gasteiger partial charge in [0.15, 0.2) is 0 Å². The number of rotatable bonds is 3. The first-order valence-electron chi connectivity index (χ1n) is 5.45. The first-order valence-corrected chi connectivity index (χ1v) is 6.27. The van der Waals surface area contributed by atoms with Crippen molar-refractivity contribution in [1.29, 1.82) is 0 Å². The van der Waals surface area contributed by atoms with Crippen molar-refractivity contribution >= 4 is 32.9 Å². The third-order valence-electron chi connectivity index (χ3n) is 2.75. The molecule has 1 N–H and O–H groups in total. The molecule has 1 fully saturated rings. The highest BCUT2D eigenvalue weighted by Gasteiger charge is 2.25. The van der Waals surface area contributed by atoms with Gasteiger partial charge in [-0.1, -0.05) is 0 Å². The number of aryl methyl sites for hydroxylation is 1. The number of aromatic nitrogens is 1. The molecule has 88 valence electrons. The maximum atomic E-state index is 11.0.